The average Bonchev–Trinajstić information content (AvgIpc) is 2.47. The van der Waals surface area contributed by atoms with Crippen LogP contribution in [-0.4, -0.2) is 18.1 Å². The van der Waals surface area contributed by atoms with Crippen LogP contribution in [0.5, 0.6) is 0 Å². The molecule has 1 amide bonds. The highest BCUT2D eigenvalue weighted by molar-refractivity contribution is 9.10. The van der Waals surface area contributed by atoms with Crippen LogP contribution in [0.25, 0.3) is 0 Å². The van der Waals surface area contributed by atoms with Gasteiger partial charge in [0.2, 0.25) is 0 Å². The predicted octanol–water partition coefficient (Wildman–Crippen LogP) is 4.35. The topological polar surface area (TPSA) is 29.1 Å². The van der Waals surface area contributed by atoms with Crippen molar-refractivity contribution < 1.29 is 18.0 Å². The standard InChI is InChI=1S/C16H13BrF3NO/c17-13-8-6-12(7-9-13)15(22)21-14(16(18,19)20)10-11-4-2-1-3-5-11/h1-9,14H,10H2,(H,21,22)/t14-/m1/s1. The molecular weight excluding hydrogens is 359 g/mol. The summed E-state index contributed by atoms with van der Waals surface area (Å²) in [7, 11) is 0. The van der Waals surface area contributed by atoms with E-state index in [0.717, 1.165) is 4.47 Å². The third-order valence-electron chi connectivity index (χ3n) is 3.09. The average molecular weight is 372 g/mol. The first-order valence-electron chi connectivity index (χ1n) is 6.53. The summed E-state index contributed by atoms with van der Waals surface area (Å²) in [5, 5.41) is 2.06. The van der Waals surface area contributed by atoms with Gasteiger partial charge >= 0.3 is 6.18 Å². The van der Waals surface area contributed by atoms with Crippen LogP contribution in [0, 0.1) is 0 Å². The molecule has 2 rings (SSSR count). The molecule has 2 nitrogen and oxygen atoms in total. The molecule has 1 N–H and O–H groups in total. The van der Waals surface area contributed by atoms with Gasteiger partial charge in [0.25, 0.3) is 5.91 Å². The largest absolute Gasteiger partial charge is 0.408 e. The molecule has 22 heavy (non-hydrogen) atoms. The molecular formula is C16H13BrF3NO. The monoisotopic (exact) mass is 371 g/mol. The van der Waals surface area contributed by atoms with Crippen molar-refractivity contribution >= 4 is 21.8 Å². The van der Waals surface area contributed by atoms with E-state index < -0.39 is 18.1 Å². The first-order chi connectivity index (χ1) is 10.4. The minimum atomic E-state index is -4.51. The number of carbonyl (C=O) groups excluding carboxylic acids is 1. The van der Waals surface area contributed by atoms with Gasteiger partial charge in [0, 0.05) is 16.5 Å². The smallest absolute Gasteiger partial charge is 0.340 e. The number of rotatable bonds is 4. The van der Waals surface area contributed by atoms with Gasteiger partial charge in [-0.25, -0.2) is 0 Å². The van der Waals surface area contributed by atoms with Crippen molar-refractivity contribution in [1.29, 1.82) is 0 Å². The molecule has 0 fully saturated rings. The highest BCUT2D eigenvalue weighted by atomic mass is 79.9. The zero-order valence-corrected chi connectivity index (χ0v) is 13.0. The van der Waals surface area contributed by atoms with E-state index >= 15 is 0 Å². The lowest BCUT2D eigenvalue weighted by Crippen LogP contribution is -2.46. The minimum Gasteiger partial charge on any atom is -0.340 e. The van der Waals surface area contributed by atoms with E-state index in [1.165, 1.54) is 12.1 Å². The number of carbonyl (C=O) groups is 1. The summed E-state index contributed by atoms with van der Waals surface area (Å²) >= 11 is 3.21. The van der Waals surface area contributed by atoms with Crippen LogP contribution in [0.1, 0.15) is 15.9 Å². The SMILES string of the molecule is O=C(N[C@H](Cc1ccccc1)C(F)(F)F)c1ccc(Br)cc1. The van der Waals surface area contributed by atoms with Gasteiger partial charge in [0.1, 0.15) is 6.04 Å². The summed E-state index contributed by atoms with van der Waals surface area (Å²) in [6.45, 7) is 0. The summed E-state index contributed by atoms with van der Waals surface area (Å²) in [5.41, 5.74) is 0.700. The van der Waals surface area contributed by atoms with Crippen molar-refractivity contribution in [3.8, 4) is 0 Å². The van der Waals surface area contributed by atoms with E-state index in [9.17, 15) is 18.0 Å². The number of hydrogen-bond donors (Lipinski definition) is 1. The molecule has 116 valence electrons. The molecule has 6 heteroatoms. The van der Waals surface area contributed by atoms with Crippen LogP contribution in [0.15, 0.2) is 59.1 Å². The van der Waals surface area contributed by atoms with Crippen molar-refractivity contribution in [2.75, 3.05) is 0 Å². The fourth-order valence-corrected chi connectivity index (χ4v) is 2.21. The minimum absolute atomic E-state index is 0.186. The summed E-state index contributed by atoms with van der Waals surface area (Å²) < 4.78 is 40.1. The van der Waals surface area contributed by atoms with Crippen molar-refractivity contribution in [3.63, 3.8) is 0 Å². The van der Waals surface area contributed by atoms with E-state index in [2.05, 4.69) is 21.2 Å². The maximum atomic E-state index is 13.1. The highest BCUT2D eigenvalue weighted by Crippen LogP contribution is 2.24. The van der Waals surface area contributed by atoms with E-state index in [1.54, 1.807) is 42.5 Å². The van der Waals surface area contributed by atoms with Crippen LogP contribution in [0.2, 0.25) is 0 Å². The number of nitrogens with one attached hydrogen (secondary N) is 1. The lowest BCUT2D eigenvalue weighted by atomic mass is 10.0. The third-order valence-corrected chi connectivity index (χ3v) is 3.62. The van der Waals surface area contributed by atoms with Crippen molar-refractivity contribution in [3.05, 3.63) is 70.2 Å². The van der Waals surface area contributed by atoms with E-state index in [1.807, 2.05) is 0 Å². The first-order valence-corrected chi connectivity index (χ1v) is 7.32. The summed E-state index contributed by atoms with van der Waals surface area (Å²) in [6, 6.07) is 12.5. The van der Waals surface area contributed by atoms with Gasteiger partial charge in [0.15, 0.2) is 0 Å². The van der Waals surface area contributed by atoms with E-state index in [0.29, 0.717) is 5.56 Å². The Kier molecular flexibility index (Phi) is 5.24. The Morgan fingerprint density at radius 3 is 2.18 bits per heavy atom. The molecule has 2 aromatic rings. The number of halogens is 4. The second-order valence-corrected chi connectivity index (χ2v) is 5.68. The molecule has 0 bridgehead atoms. The Labute approximate surface area is 134 Å². The van der Waals surface area contributed by atoms with Crippen molar-refractivity contribution in [2.45, 2.75) is 18.6 Å². The summed E-state index contributed by atoms with van der Waals surface area (Å²) in [5.74, 6) is -0.745. The number of alkyl halides is 3. The number of benzene rings is 2. The molecule has 0 spiro atoms. The fourth-order valence-electron chi connectivity index (χ4n) is 1.94. The Morgan fingerprint density at radius 1 is 1.05 bits per heavy atom. The van der Waals surface area contributed by atoms with Gasteiger partial charge in [-0.1, -0.05) is 46.3 Å². The highest BCUT2D eigenvalue weighted by Gasteiger charge is 2.40. The second kappa shape index (κ2) is 6.96. The van der Waals surface area contributed by atoms with Crippen LogP contribution < -0.4 is 5.32 Å². The lowest BCUT2D eigenvalue weighted by Gasteiger charge is -2.22. The van der Waals surface area contributed by atoms with Gasteiger partial charge in [0.05, 0.1) is 0 Å². The number of amides is 1. The molecule has 0 aliphatic rings. The van der Waals surface area contributed by atoms with Crippen molar-refractivity contribution in [2.24, 2.45) is 0 Å². The van der Waals surface area contributed by atoms with Crippen LogP contribution in [-0.2, 0) is 6.42 Å². The maximum absolute atomic E-state index is 13.1. The van der Waals surface area contributed by atoms with Gasteiger partial charge in [-0.05, 0) is 29.8 Å². The second-order valence-electron chi connectivity index (χ2n) is 4.76. The first kappa shape index (κ1) is 16.5. The molecule has 0 aromatic heterocycles. The van der Waals surface area contributed by atoms with Crippen molar-refractivity contribution in [1.82, 2.24) is 5.32 Å². The predicted molar refractivity (Wildman–Crippen MR) is 81.6 cm³/mol. The molecule has 2 aromatic carbocycles. The molecule has 0 radical (unpaired) electrons. The Bertz CT molecular complexity index is 626. The Morgan fingerprint density at radius 2 is 1.64 bits per heavy atom. The quantitative estimate of drug-likeness (QED) is 0.850. The van der Waals surface area contributed by atoms with Crippen LogP contribution in [0.3, 0.4) is 0 Å². The summed E-state index contributed by atoms with van der Waals surface area (Å²) in [4.78, 5) is 12.0. The molecule has 0 saturated carbocycles. The van der Waals surface area contributed by atoms with Gasteiger partial charge in [-0.15, -0.1) is 0 Å². The fraction of sp³-hybridized carbons (Fsp3) is 0.188. The third kappa shape index (κ3) is 4.59. The zero-order valence-electron chi connectivity index (χ0n) is 11.4. The zero-order chi connectivity index (χ0) is 16.2. The van der Waals surface area contributed by atoms with Crippen LogP contribution >= 0.6 is 15.9 Å². The number of hydrogen-bond acceptors (Lipinski definition) is 1. The summed E-state index contributed by atoms with van der Waals surface area (Å²) in [6.07, 6.45) is -4.81. The molecule has 1 atom stereocenters. The Balaban J connectivity index is 2.13. The van der Waals surface area contributed by atoms with Gasteiger partial charge < -0.3 is 5.32 Å². The van der Waals surface area contributed by atoms with E-state index in [4.69, 9.17) is 0 Å². The molecule has 0 saturated heterocycles. The van der Waals surface area contributed by atoms with E-state index in [-0.39, 0.29) is 12.0 Å². The normalized spacial score (nSPS) is 12.7. The van der Waals surface area contributed by atoms with Gasteiger partial charge in [-0.3, -0.25) is 4.79 Å². The lowest BCUT2D eigenvalue weighted by molar-refractivity contribution is -0.153. The molecule has 0 aliphatic heterocycles. The Hall–Kier alpha value is -1.82. The maximum Gasteiger partial charge on any atom is 0.408 e. The van der Waals surface area contributed by atoms with Gasteiger partial charge in [-0.2, -0.15) is 13.2 Å². The molecule has 0 heterocycles. The molecule has 0 unspecified atom stereocenters. The van der Waals surface area contributed by atoms with Crippen LogP contribution in [0.4, 0.5) is 13.2 Å². The molecule has 0 aliphatic carbocycles.